The molecule has 1 saturated carbocycles. The van der Waals surface area contributed by atoms with Gasteiger partial charge in [-0.2, -0.15) is 0 Å². The molecule has 1 aliphatic carbocycles. The molecule has 0 bridgehead atoms. The smallest absolute Gasteiger partial charge is 0.209 e. The number of hydrazine groups is 1. The lowest BCUT2D eigenvalue weighted by atomic mass is 10.3. The van der Waals surface area contributed by atoms with Gasteiger partial charge in [-0.15, -0.1) is 0 Å². The Bertz CT molecular complexity index is 398. The number of guanidine groups is 1. The Morgan fingerprint density at radius 3 is 2.84 bits per heavy atom. The molecule has 0 aromatic carbocycles. The van der Waals surface area contributed by atoms with Gasteiger partial charge in [0.2, 0.25) is 5.96 Å². The number of nitrogens with two attached hydrogens (primary N) is 1. The molecule has 1 fully saturated rings. The van der Waals surface area contributed by atoms with Crippen LogP contribution >= 0.6 is 0 Å². The lowest BCUT2D eigenvalue weighted by Crippen LogP contribution is -2.45. The van der Waals surface area contributed by atoms with E-state index in [1.807, 2.05) is 24.4 Å². The molecule has 0 unspecified atom stereocenters. The highest BCUT2D eigenvalue weighted by Crippen LogP contribution is 2.21. The van der Waals surface area contributed by atoms with Crippen molar-refractivity contribution >= 4 is 5.96 Å². The molecule has 1 aromatic heterocycles. The molecule has 1 aromatic rings. The minimum atomic E-state index is 0.420. The van der Waals surface area contributed by atoms with Crippen molar-refractivity contribution in [3.05, 3.63) is 30.1 Å². The van der Waals surface area contributed by atoms with Crippen LogP contribution in [-0.2, 0) is 6.54 Å². The van der Waals surface area contributed by atoms with E-state index < -0.39 is 0 Å². The first-order valence-electron chi connectivity index (χ1n) is 7.02. The average molecular weight is 261 g/mol. The van der Waals surface area contributed by atoms with E-state index in [1.165, 1.54) is 25.7 Å². The summed E-state index contributed by atoms with van der Waals surface area (Å²) in [5.74, 6) is 6.42. The maximum absolute atomic E-state index is 5.64. The maximum atomic E-state index is 5.64. The minimum Gasteiger partial charge on any atom is -0.336 e. The summed E-state index contributed by atoms with van der Waals surface area (Å²) < 4.78 is 0. The Hall–Kier alpha value is -1.62. The fraction of sp³-hybridized carbons (Fsp3) is 0.571. The van der Waals surface area contributed by atoms with Crippen molar-refractivity contribution in [2.45, 2.75) is 45.2 Å². The molecule has 1 heterocycles. The minimum absolute atomic E-state index is 0.420. The molecule has 5 nitrogen and oxygen atoms in total. The molecular weight excluding hydrogens is 238 g/mol. The predicted octanol–water partition coefficient (Wildman–Crippen LogP) is 1.67. The summed E-state index contributed by atoms with van der Waals surface area (Å²) in [4.78, 5) is 11.2. The molecule has 104 valence electrons. The zero-order chi connectivity index (χ0) is 13.5. The van der Waals surface area contributed by atoms with Crippen LogP contribution in [-0.4, -0.2) is 28.4 Å². The Morgan fingerprint density at radius 1 is 1.47 bits per heavy atom. The third-order valence-corrected chi connectivity index (χ3v) is 3.52. The van der Waals surface area contributed by atoms with Gasteiger partial charge in [-0.1, -0.05) is 18.9 Å². The van der Waals surface area contributed by atoms with Gasteiger partial charge in [0.25, 0.3) is 0 Å². The third kappa shape index (κ3) is 3.92. The topological polar surface area (TPSA) is 66.5 Å². The van der Waals surface area contributed by atoms with Gasteiger partial charge < -0.3 is 4.90 Å². The molecule has 2 rings (SSSR count). The van der Waals surface area contributed by atoms with Crippen LogP contribution in [0, 0.1) is 0 Å². The largest absolute Gasteiger partial charge is 0.336 e. The number of pyridine rings is 1. The van der Waals surface area contributed by atoms with Crippen molar-refractivity contribution in [2.24, 2.45) is 10.8 Å². The SMILES string of the molecule is CCN(Cc1ccccn1)C(=NC1CCCC1)NN. The first kappa shape index (κ1) is 13.8. The summed E-state index contributed by atoms with van der Waals surface area (Å²) in [5, 5.41) is 0. The van der Waals surface area contributed by atoms with Crippen molar-refractivity contribution in [2.75, 3.05) is 6.54 Å². The van der Waals surface area contributed by atoms with Crippen LogP contribution < -0.4 is 11.3 Å². The summed E-state index contributed by atoms with van der Waals surface area (Å²) in [6.07, 6.45) is 6.71. The molecule has 0 spiro atoms. The summed E-state index contributed by atoms with van der Waals surface area (Å²) in [5.41, 5.74) is 3.77. The van der Waals surface area contributed by atoms with E-state index in [-0.39, 0.29) is 0 Å². The first-order chi connectivity index (χ1) is 9.33. The second-order valence-corrected chi connectivity index (χ2v) is 4.87. The number of nitrogens with zero attached hydrogens (tertiary/aromatic N) is 3. The summed E-state index contributed by atoms with van der Waals surface area (Å²) >= 11 is 0. The lowest BCUT2D eigenvalue weighted by Gasteiger charge is -2.24. The van der Waals surface area contributed by atoms with Gasteiger partial charge in [-0.05, 0) is 31.9 Å². The molecule has 0 amide bonds. The number of aromatic nitrogens is 1. The number of rotatable bonds is 4. The Balaban J connectivity index is 2.05. The second-order valence-electron chi connectivity index (χ2n) is 4.87. The van der Waals surface area contributed by atoms with Crippen LogP contribution in [0.4, 0.5) is 0 Å². The molecule has 1 aliphatic rings. The van der Waals surface area contributed by atoms with E-state index in [1.54, 1.807) is 0 Å². The van der Waals surface area contributed by atoms with E-state index in [0.717, 1.165) is 24.7 Å². The second kappa shape index (κ2) is 7.09. The van der Waals surface area contributed by atoms with Crippen molar-refractivity contribution < 1.29 is 0 Å². The van der Waals surface area contributed by atoms with Crippen molar-refractivity contribution in [3.8, 4) is 0 Å². The molecule has 5 heteroatoms. The van der Waals surface area contributed by atoms with Gasteiger partial charge in [0, 0.05) is 12.7 Å². The Kier molecular flexibility index (Phi) is 5.15. The Labute approximate surface area is 114 Å². The molecule has 3 N–H and O–H groups in total. The molecule has 0 aliphatic heterocycles. The quantitative estimate of drug-likeness (QED) is 0.374. The number of nitrogens with one attached hydrogen (secondary N) is 1. The van der Waals surface area contributed by atoms with Crippen molar-refractivity contribution in [3.63, 3.8) is 0 Å². The Morgan fingerprint density at radius 2 is 2.26 bits per heavy atom. The summed E-state index contributed by atoms with van der Waals surface area (Å²) in [6.45, 7) is 3.68. The van der Waals surface area contributed by atoms with Crippen LogP contribution in [0.2, 0.25) is 0 Å². The summed E-state index contributed by atoms with van der Waals surface area (Å²) in [7, 11) is 0. The normalized spacial score (nSPS) is 16.6. The van der Waals surface area contributed by atoms with Gasteiger partial charge in [-0.25, -0.2) is 10.8 Å². The van der Waals surface area contributed by atoms with E-state index in [4.69, 9.17) is 10.8 Å². The van der Waals surface area contributed by atoms with E-state index >= 15 is 0 Å². The highest BCUT2D eigenvalue weighted by atomic mass is 15.4. The van der Waals surface area contributed by atoms with Gasteiger partial charge in [0.1, 0.15) is 0 Å². The fourth-order valence-electron chi connectivity index (χ4n) is 2.44. The van der Waals surface area contributed by atoms with Crippen LogP contribution in [0.3, 0.4) is 0 Å². The van der Waals surface area contributed by atoms with Gasteiger partial charge in [-0.3, -0.25) is 10.4 Å². The van der Waals surface area contributed by atoms with Crippen LogP contribution in [0.25, 0.3) is 0 Å². The van der Waals surface area contributed by atoms with Gasteiger partial charge in [0.15, 0.2) is 0 Å². The highest BCUT2D eigenvalue weighted by Gasteiger charge is 2.17. The zero-order valence-electron chi connectivity index (χ0n) is 11.5. The van der Waals surface area contributed by atoms with Crippen LogP contribution in [0.15, 0.2) is 29.4 Å². The first-order valence-corrected chi connectivity index (χ1v) is 7.02. The number of hydrogen-bond acceptors (Lipinski definition) is 3. The third-order valence-electron chi connectivity index (χ3n) is 3.52. The van der Waals surface area contributed by atoms with E-state index in [0.29, 0.717) is 6.04 Å². The average Bonchev–Trinajstić information content (AvgIpc) is 2.96. The van der Waals surface area contributed by atoms with E-state index in [2.05, 4.69) is 22.2 Å². The maximum Gasteiger partial charge on any atom is 0.209 e. The fourth-order valence-corrected chi connectivity index (χ4v) is 2.44. The lowest BCUT2D eigenvalue weighted by molar-refractivity contribution is 0.408. The predicted molar refractivity (Wildman–Crippen MR) is 77.3 cm³/mol. The van der Waals surface area contributed by atoms with Crippen LogP contribution in [0.1, 0.15) is 38.3 Å². The van der Waals surface area contributed by atoms with Gasteiger partial charge >= 0.3 is 0 Å². The zero-order valence-corrected chi connectivity index (χ0v) is 11.5. The summed E-state index contributed by atoms with van der Waals surface area (Å²) in [6, 6.07) is 6.37. The molecule has 19 heavy (non-hydrogen) atoms. The highest BCUT2D eigenvalue weighted by molar-refractivity contribution is 5.79. The molecule has 0 saturated heterocycles. The number of hydrogen-bond donors (Lipinski definition) is 2. The van der Waals surface area contributed by atoms with E-state index in [9.17, 15) is 0 Å². The van der Waals surface area contributed by atoms with Crippen LogP contribution in [0.5, 0.6) is 0 Å². The molecule has 0 atom stereocenters. The standard InChI is InChI=1S/C14H23N5/c1-2-19(11-13-9-5-6-10-16-13)14(18-15)17-12-7-3-4-8-12/h5-6,9-10,12H,2-4,7-8,11,15H2,1H3,(H,17,18). The molecule has 0 radical (unpaired) electrons. The molecular formula is C14H23N5. The van der Waals surface area contributed by atoms with Crippen molar-refractivity contribution in [1.29, 1.82) is 0 Å². The van der Waals surface area contributed by atoms with Gasteiger partial charge in [0.05, 0.1) is 18.3 Å². The monoisotopic (exact) mass is 261 g/mol. The van der Waals surface area contributed by atoms with Crippen molar-refractivity contribution in [1.82, 2.24) is 15.3 Å². The number of aliphatic imine (C=N–C) groups is 1.